The van der Waals surface area contributed by atoms with Gasteiger partial charge in [-0.3, -0.25) is 4.79 Å². The van der Waals surface area contributed by atoms with Crippen molar-refractivity contribution in [3.05, 3.63) is 29.8 Å². The summed E-state index contributed by atoms with van der Waals surface area (Å²) in [6, 6.07) is 8.28. The van der Waals surface area contributed by atoms with Gasteiger partial charge in [0.1, 0.15) is 0 Å². The highest BCUT2D eigenvalue weighted by atomic mass is 16.2. The number of para-hydroxylation sites is 1. The van der Waals surface area contributed by atoms with E-state index in [4.69, 9.17) is 0 Å². The van der Waals surface area contributed by atoms with Gasteiger partial charge in [0.25, 0.3) is 0 Å². The predicted molar refractivity (Wildman–Crippen MR) is 79.3 cm³/mol. The van der Waals surface area contributed by atoms with E-state index >= 15 is 0 Å². The minimum atomic E-state index is 0.0895. The molecule has 0 aromatic heterocycles. The molecule has 0 spiro atoms. The molecule has 2 rings (SSSR count). The summed E-state index contributed by atoms with van der Waals surface area (Å²) in [4.78, 5) is 14.5. The molecule has 104 valence electrons. The first kappa shape index (κ1) is 13.9. The van der Waals surface area contributed by atoms with Gasteiger partial charge in [-0.05, 0) is 31.4 Å². The Balaban J connectivity index is 2.01. The number of hydrogen-bond acceptors (Lipinski definition) is 2. The summed E-state index contributed by atoms with van der Waals surface area (Å²) in [5.74, 6) is 0.393. The van der Waals surface area contributed by atoms with E-state index in [1.807, 2.05) is 17.0 Å². The fourth-order valence-corrected chi connectivity index (χ4v) is 2.65. The maximum absolute atomic E-state index is 12.5. The quantitative estimate of drug-likeness (QED) is 0.883. The number of anilines is 1. The van der Waals surface area contributed by atoms with Gasteiger partial charge in [0.05, 0.1) is 5.92 Å². The van der Waals surface area contributed by atoms with E-state index in [0.29, 0.717) is 5.91 Å². The number of carbonyl (C=O) groups is 1. The van der Waals surface area contributed by atoms with Gasteiger partial charge in [-0.1, -0.05) is 31.5 Å². The van der Waals surface area contributed by atoms with Crippen molar-refractivity contribution >= 4 is 11.6 Å². The molecule has 0 saturated carbocycles. The summed E-state index contributed by atoms with van der Waals surface area (Å²) in [5.41, 5.74) is 2.45. The number of unbranched alkanes of at least 4 members (excludes halogenated alkanes) is 1. The summed E-state index contributed by atoms with van der Waals surface area (Å²) in [7, 11) is 0. The Labute approximate surface area is 116 Å². The molecule has 0 fully saturated rings. The Bertz CT molecular complexity index is 431. The molecule has 1 aromatic rings. The highest BCUT2D eigenvalue weighted by molar-refractivity contribution is 5.81. The minimum absolute atomic E-state index is 0.0895. The van der Waals surface area contributed by atoms with Crippen molar-refractivity contribution in [2.45, 2.75) is 33.1 Å². The molecule has 0 aliphatic carbocycles. The second-order valence-corrected chi connectivity index (χ2v) is 5.21. The molecule has 19 heavy (non-hydrogen) atoms. The second-order valence-electron chi connectivity index (χ2n) is 5.21. The molecule has 1 aromatic carbocycles. The molecule has 1 aliphatic heterocycles. The minimum Gasteiger partial charge on any atom is -0.384 e. The lowest BCUT2D eigenvalue weighted by Crippen LogP contribution is -2.41. The van der Waals surface area contributed by atoms with E-state index in [1.54, 1.807) is 0 Å². The summed E-state index contributed by atoms with van der Waals surface area (Å²) in [6.07, 6.45) is 3.09. The van der Waals surface area contributed by atoms with Gasteiger partial charge in [-0.2, -0.15) is 0 Å². The van der Waals surface area contributed by atoms with Crippen molar-refractivity contribution in [1.29, 1.82) is 0 Å². The molecule has 0 radical (unpaired) electrons. The number of hydrogen-bond donors (Lipinski definition) is 1. The summed E-state index contributed by atoms with van der Waals surface area (Å²) >= 11 is 0. The van der Waals surface area contributed by atoms with Crippen LogP contribution < -0.4 is 5.32 Å². The molecule has 0 bridgehead atoms. The Kier molecular flexibility index (Phi) is 4.83. The van der Waals surface area contributed by atoms with Crippen LogP contribution in [0.3, 0.4) is 0 Å². The number of nitrogens with one attached hydrogen (secondary N) is 1. The first-order valence-electron chi connectivity index (χ1n) is 7.36. The van der Waals surface area contributed by atoms with Crippen LogP contribution in [0.4, 0.5) is 5.69 Å². The van der Waals surface area contributed by atoms with Crippen LogP contribution in [0.25, 0.3) is 0 Å². The molecule has 1 atom stereocenters. The Morgan fingerprint density at radius 2 is 2.16 bits per heavy atom. The van der Waals surface area contributed by atoms with Crippen LogP contribution in [0.2, 0.25) is 0 Å². The van der Waals surface area contributed by atoms with Crippen molar-refractivity contribution in [3.8, 4) is 0 Å². The third-order valence-corrected chi connectivity index (χ3v) is 3.85. The molecule has 3 heteroatoms. The van der Waals surface area contributed by atoms with Crippen molar-refractivity contribution in [2.24, 2.45) is 5.92 Å². The SMILES string of the molecule is CCCCN(CC)C(=O)C1CNc2ccccc2C1. The Morgan fingerprint density at radius 1 is 1.37 bits per heavy atom. The molecule has 3 nitrogen and oxygen atoms in total. The number of benzene rings is 1. The van der Waals surface area contributed by atoms with Gasteiger partial charge < -0.3 is 10.2 Å². The molecule has 1 heterocycles. The first-order chi connectivity index (χ1) is 9.26. The lowest BCUT2D eigenvalue weighted by molar-refractivity contribution is -0.135. The zero-order valence-electron chi connectivity index (χ0n) is 12.0. The van der Waals surface area contributed by atoms with Crippen molar-refractivity contribution < 1.29 is 4.79 Å². The van der Waals surface area contributed by atoms with Crippen LogP contribution in [0, 0.1) is 5.92 Å². The van der Waals surface area contributed by atoms with Crippen LogP contribution in [-0.4, -0.2) is 30.4 Å². The summed E-state index contributed by atoms with van der Waals surface area (Å²) in [5, 5.41) is 3.38. The second kappa shape index (κ2) is 6.60. The van der Waals surface area contributed by atoms with E-state index < -0.39 is 0 Å². The zero-order chi connectivity index (χ0) is 13.7. The molecule has 1 N–H and O–H groups in total. The van der Waals surface area contributed by atoms with Crippen LogP contribution in [0.1, 0.15) is 32.3 Å². The predicted octanol–water partition coefficient (Wildman–Crippen LogP) is 2.92. The molecule has 0 saturated heterocycles. The number of rotatable bonds is 5. The van der Waals surface area contributed by atoms with Crippen molar-refractivity contribution in [3.63, 3.8) is 0 Å². The third kappa shape index (κ3) is 3.28. The topological polar surface area (TPSA) is 32.3 Å². The third-order valence-electron chi connectivity index (χ3n) is 3.85. The number of nitrogens with zero attached hydrogens (tertiary/aromatic N) is 1. The van der Waals surface area contributed by atoms with Crippen LogP contribution in [0.5, 0.6) is 0 Å². The van der Waals surface area contributed by atoms with Gasteiger partial charge in [-0.15, -0.1) is 0 Å². The number of amides is 1. The number of carbonyl (C=O) groups excluding carboxylic acids is 1. The Hall–Kier alpha value is -1.51. The zero-order valence-corrected chi connectivity index (χ0v) is 12.0. The van der Waals surface area contributed by atoms with Crippen molar-refractivity contribution in [2.75, 3.05) is 25.0 Å². The first-order valence-corrected chi connectivity index (χ1v) is 7.36. The summed E-state index contributed by atoms with van der Waals surface area (Å²) < 4.78 is 0. The number of fused-ring (bicyclic) bond motifs is 1. The standard InChI is InChI=1S/C16H24N2O/c1-3-5-10-18(4-2)16(19)14-11-13-8-6-7-9-15(13)17-12-14/h6-9,14,17H,3-5,10-12H2,1-2H3. The van der Waals surface area contributed by atoms with E-state index in [1.165, 1.54) is 11.3 Å². The largest absolute Gasteiger partial charge is 0.384 e. The van der Waals surface area contributed by atoms with E-state index in [2.05, 4.69) is 31.3 Å². The fourth-order valence-electron chi connectivity index (χ4n) is 2.65. The van der Waals surface area contributed by atoms with Gasteiger partial charge in [0.2, 0.25) is 5.91 Å². The monoisotopic (exact) mass is 260 g/mol. The average Bonchev–Trinajstić information content (AvgIpc) is 2.47. The van der Waals surface area contributed by atoms with E-state index in [0.717, 1.165) is 38.9 Å². The van der Waals surface area contributed by atoms with Crippen LogP contribution in [-0.2, 0) is 11.2 Å². The van der Waals surface area contributed by atoms with Gasteiger partial charge in [-0.25, -0.2) is 0 Å². The van der Waals surface area contributed by atoms with Gasteiger partial charge in [0, 0.05) is 25.3 Å². The maximum Gasteiger partial charge on any atom is 0.227 e. The molecular weight excluding hydrogens is 236 g/mol. The van der Waals surface area contributed by atoms with E-state index in [-0.39, 0.29) is 5.92 Å². The lowest BCUT2D eigenvalue weighted by atomic mass is 9.93. The van der Waals surface area contributed by atoms with E-state index in [9.17, 15) is 4.79 Å². The lowest BCUT2D eigenvalue weighted by Gasteiger charge is -2.30. The highest BCUT2D eigenvalue weighted by Crippen LogP contribution is 2.25. The van der Waals surface area contributed by atoms with Crippen LogP contribution in [0.15, 0.2) is 24.3 Å². The van der Waals surface area contributed by atoms with Gasteiger partial charge >= 0.3 is 0 Å². The fraction of sp³-hybridized carbons (Fsp3) is 0.562. The van der Waals surface area contributed by atoms with Crippen LogP contribution >= 0.6 is 0 Å². The smallest absolute Gasteiger partial charge is 0.227 e. The van der Waals surface area contributed by atoms with Gasteiger partial charge in [0.15, 0.2) is 0 Å². The maximum atomic E-state index is 12.5. The van der Waals surface area contributed by atoms with Crippen molar-refractivity contribution in [1.82, 2.24) is 4.90 Å². The molecule has 1 aliphatic rings. The average molecular weight is 260 g/mol. The molecule has 1 amide bonds. The Morgan fingerprint density at radius 3 is 2.89 bits per heavy atom. The molecule has 1 unspecified atom stereocenters. The highest BCUT2D eigenvalue weighted by Gasteiger charge is 2.27. The molecular formula is C16H24N2O. The summed E-state index contributed by atoms with van der Waals surface area (Å²) in [6.45, 7) is 6.70. The normalized spacial score (nSPS) is 17.5.